The molecule has 0 aromatic heterocycles. The molecule has 0 aliphatic carbocycles. The van der Waals surface area contributed by atoms with Crippen molar-refractivity contribution in [1.29, 1.82) is 0 Å². The third kappa shape index (κ3) is 2.39. The quantitative estimate of drug-likeness (QED) is 0.785. The van der Waals surface area contributed by atoms with Gasteiger partial charge in [-0.1, -0.05) is 18.2 Å². The maximum absolute atomic E-state index is 11.8. The van der Waals surface area contributed by atoms with E-state index in [0.29, 0.717) is 12.3 Å². The van der Waals surface area contributed by atoms with Gasteiger partial charge >= 0.3 is 0 Å². The summed E-state index contributed by atoms with van der Waals surface area (Å²) in [6.07, 6.45) is 0. The first-order valence-electron chi connectivity index (χ1n) is 7.23. The lowest BCUT2D eigenvalue weighted by Gasteiger charge is -2.37. The second-order valence-electron chi connectivity index (χ2n) is 5.08. The second-order valence-corrected chi connectivity index (χ2v) is 5.08. The Morgan fingerprint density at radius 3 is 2.19 bits per heavy atom. The summed E-state index contributed by atoms with van der Waals surface area (Å²) in [4.78, 5) is 27.5. The van der Waals surface area contributed by atoms with Crippen molar-refractivity contribution in [3.63, 3.8) is 0 Å². The highest BCUT2D eigenvalue weighted by molar-refractivity contribution is 5.64. The smallest absolute Gasteiger partial charge is 0.272 e. The number of anilines is 2. The summed E-state index contributed by atoms with van der Waals surface area (Å²) in [5.41, 5.74) is 0.755. The van der Waals surface area contributed by atoms with Crippen LogP contribution in [0.25, 0.3) is 0 Å². The number of hydrogen-bond donors (Lipinski definition) is 0. The molecular formula is C16H18N2O3. The first kappa shape index (κ1) is 13.7. The summed E-state index contributed by atoms with van der Waals surface area (Å²) < 4.78 is 5.29. The Bertz CT molecular complexity index is 681. The van der Waals surface area contributed by atoms with E-state index in [4.69, 9.17) is 4.74 Å². The standard InChI is InChI=1S/C16H18N2O3/c1-2-21-16-13(14(19)15(16)20)18-10-8-17(9-11-18)12-6-4-3-5-7-12/h3-7H,2,8-11H2,1H3. The summed E-state index contributed by atoms with van der Waals surface area (Å²) in [5.74, 6) is 0.246. The first-order valence-corrected chi connectivity index (χ1v) is 7.23. The molecule has 2 aromatic rings. The zero-order valence-corrected chi connectivity index (χ0v) is 12.0. The minimum atomic E-state index is -0.489. The molecule has 0 atom stereocenters. The van der Waals surface area contributed by atoms with Crippen LogP contribution in [0.15, 0.2) is 39.9 Å². The summed E-state index contributed by atoms with van der Waals surface area (Å²) in [7, 11) is 0. The monoisotopic (exact) mass is 286 g/mol. The normalized spacial score (nSPS) is 15.5. The maximum Gasteiger partial charge on any atom is 0.272 e. The fourth-order valence-corrected chi connectivity index (χ4v) is 2.75. The molecule has 1 aliphatic heterocycles. The lowest BCUT2D eigenvalue weighted by molar-refractivity contribution is 0.332. The van der Waals surface area contributed by atoms with Gasteiger partial charge < -0.3 is 14.5 Å². The molecule has 1 heterocycles. The van der Waals surface area contributed by atoms with Gasteiger partial charge in [-0.25, -0.2) is 0 Å². The summed E-state index contributed by atoms with van der Waals surface area (Å²) in [6, 6.07) is 10.2. The van der Waals surface area contributed by atoms with Gasteiger partial charge in [0, 0.05) is 31.9 Å². The van der Waals surface area contributed by atoms with Crippen LogP contribution in [0.4, 0.5) is 11.4 Å². The van der Waals surface area contributed by atoms with Crippen molar-refractivity contribution in [2.75, 3.05) is 42.6 Å². The predicted molar refractivity (Wildman–Crippen MR) is 83.4 cm³/mol. The fourth-order valence-electron chi connectivity index (χ4n) is 2.75. The molecule has 0 bridgehead atoms. The number of rotatable bonds is 4. The largest absolute Gasteiger partial charge is 0.488 e. The van der Waals surface area contributed by atoms with E-state index >= 15 is 0 Å². The molecule has 0 saturated carbocycles. The molecule has 1 aliphatic rings. The van der Waals surface area contributed by atoms with Crippen LogP contribution in [0, 0.1) is 0 Å². The average Bonchev–Trinajstić information content (AvgIpc) is 2.55. The van der Waals surface area contributed by atoms with Gasteiger partial charge in [-0.2, -0.15) is 0 Å². The summed E-state index contributed by atoms with van der Waals surface area (Å²) in [5, 5.41) is 0. The molecule has 21 heavy (non-hydrogen) atoms. The van der Waals surface area contributed by atoms with Crippen molar-refractivity contribution < 1.29 is 4.74 Å². The van der Waals surface area contributed by atoms with E-state index in [2.05, 4.69) is 17.0 Å². The minimum absolute atomic E-state index is 0.246. The van der Waals surface area contributed by atoms with Crippen molar-refractivity contribution in [2.45, 2.75) is 6.92 Å². The molecule has 0 N–H and O–H groups in total. The fraction of sp³-hybridized carbons (Fsp3) is 0.375. The van der Waals surface area contributed by atoms with Gasteiger partial charge in [0.1, 0.15) is 5.69 Å². The number of hydrogen-bond acceptors (Lipinski definition) is 5. The highest BCUT2D eigenvalue weighted by Gasteiger charge is 2.29. The molecule has 0 amide bonds. The Balaban J connectivity index is 1.71. The number of ether oxygens (including phenoxy) is 1. The summed E-state index contributed by atoms with van der Waals surface area (Å²) in [6.45, 7) is 5.32. The van der Waals surface area contributed by atoms with E-state index in [0.717, 1.165) is 26.2 Å². The van der Waals surface area contributed by atoms with Crippen LogP contribution < -0.4 is 25.4 Å². The van der Waals surface area contributed by atoms with E-state index in [1.54, 1.807) is 0 Å². The van der Waals surface area contributed by atoms with Crippen LogP contribution in [0.1, 0.15) is 6.92 Å². The Morgan fingerprint density at radius 2 is 1.57 bits per heavy atom. The van der Waals surface area contributed by atoms with Crippen LogP contribution in [-0.4, -0.2) is 32.8 Å². The van der Waals surface area contributed by atoms with E-state index in [1.165, 1.54) is 5.69 Å². The van der Waals surface area contributed by atoms with Gasteiger partial charge in [0.25, 0.3) is 10.9 Å². The van der Waals surface area contributed by atoms with Gasteiger partial charge in [0.05, 0.1) is 6.61 Å². The first-order chi connectivity index (χ1) is 10.2. The van der Waals surface area contributed by atoms with Gasteiger partial charge in [0.15, 0.2) is 5.75 Å². The molecule has 1 fully saturated rings. The maximum atomic E-state index is 11.8. The number of benzene rings is 1. The van der Waals surface area contributed by atoms with E-state index in [-0.39, 0.29) is 5.75 Å². The highest BCUT2D eigenvalue weighted by Crippen LogP contribution is 2.25. The number of para-hydroxylation sites is 1. The van der Waals surface area contributed by atoms with Crippen LogP contribution in [-0.2, 0) is 0 Å². The molecule has 3 rings (SSSR count). The molecule has 0 spiro atoms. The van der Waals surface area contributed by atoms with E-state index in [1.807, 2.05) is 30.0 Å². The molecule has 1 saturated heterocycles. The van der Waals surface area contributed by atoms with Gasteiger partial charge in [-0.15, -0.1) is 0 Å². The highest BCUT2D eigenvalue weighted by atomic mass is 16.5. The van der Waals surface area contributed by atoms with Crippen LogP contribution in [0.2, 0.25) is 0 Å². The van der Waals surface area contributed by atoms with Crippen molar-refractivity contribution in [3.05, 3.63) is 50.8 Å². The SMILES string of the molecule is CCOc1c(N2CCN(c3ccccc3)CC2)c(=O)c1=O. The molecule has 5 nitrogen and oxygen atoms in total. The Morgan fingerprint density at radius 1 is 0.952 bits per heavy atom. The Hall–Kier alpha value is -2.30. The minimum Gasteiger partial charge on any atom is -0.488 e. The third-order valence-electron chi connectivity index (χ3n) is 3.85. The average molecular weight is 286 g/mol. The zero-order chi connectivity index (χ0) is 14.8. The van der Waals surface area contributed by atoms with E-state index in [9.17, 15) is 9.59 Å². The van der Waals surface area contributed by atoms with Crippen molar-refractivity contribution in [2.24, 2.45) is 0 Å². The Kier molecular flexibility index (Phi) is 3.64. The van der Waals surface area contributed by atoms with Crippen molar-refractivity contribution in [3.8, 4) is 5.75 Å². The van der Waals surface area contributed by atoms with Crippen LogP contribution in [0.3, 0.4) is 0 Å². The molecule has 110 valence electrons. The zero-order valence-electron chi connectivity index (χ0n) is 12.0. The summed E-state index contributed by atoms with van der Waals surface area (Å²) >= 11 is 0. The third-order valence-corrected chi connectivity index (χ3v) is 3.85. The molecule has 2 aromatic carbocycles. The molecule has 0 unspecified atom stereocenters. The number of nitrogens with zero attached hydrogens (tertiary/aromatic N) is 2. The van der Waals surface area contributed by atoms with Gasteiger partial charge in [-0.3, -0.25) is 9.59 Å². The van der Waals surface area contributed by atoms with Crippen LogP contribution in [0.5, 0.6) is 5.75 Å². The van der Waals surface area contributed by atoms with Crippen LogP contribution >= 0.6 is 0 Å². The van der Waals surface area contributed by atoms with Crippen molar-refractivity contribution in [1.82, 2.24) is 0 Å². The predicted octanol–water partition coefficient (Wildman–Crippen LogP) is 1.01. The van der Waals surface area contributed by atoms with Gasteiger partial charge in [0.2, 0.25) is 0 Å². The lowest BCUT2D eigenvalue weighted by atomic mass is 10.1. The second kappa shape index (κ2) is 5.60. The van der Waals surface area contributed by atoms with Crippen molar-refractivity contribution >= 4 is 11.4 Å². The lowest BCUT2D eigenvalue weighted by Crippen LogP contribution is -2.51. The Labute approximate surface area is 123 Å². The topological polar surface area (TPSA) is 49.9 Å². The molecular weight excluding hydrogens is 268 g/mol. The molecule has 0 radical (unpaired) electrons. The van der Waals surface area contributed by atoms with Gasteiger partial charge in [-0.05, 0) is 19.1 Å². The molecule has 5 heteroatoms. The van der Waals surface area contributed by atoms with E-state index < -0.39 is 10.9 Å². The number of piperazine rings is 1.